The van der Waals surface area contributed by atoms with Crippen molar-refractivity contribution in [1.29, 1.82) is 0 Å². The number of amides is 2. The number of thioether (sulfide) groups is 1. The third kappa shape index (κ3) is 4.89. The van der Waals surface area contributed by atoms with Crippen molar-refractivity contribution >= 4 is 29.7 Å². The van der Waals surface area contributed by atoms with Crippen LogP contribution < -0.4 is 5.32 Å². The number of hydrogen-bond acceptors (Lipinski definition) is 5. The largest absolute Gasteiger partial charge is 0.480 e. The number of nitrogens with one attached hydrogen (secondary N) is 1. The van der Waals surface area contributed by atoms with Crippen LogP contribution in [-0.2, 0) is 14.3 Å². The van der Waals surface area contributed by atoms with Gasteiger partial charge in [-0.3, -0.25) is 9.59 Å². The van der Waals surface area contributed by atoms with E-state index in [0.29, 0.717) is 25.3 Å². The Morgan fingerprint density at radius 2 is 1.71 bits per heavy atom. The van der Waals surface area contributed by atoms with E-state index in [9.17, 15) is 19.5 Å². The van der Waals surface area contributed by atoms with Crippen LogP contribution in [0.15, 0.2) is 48.5 Å². The van der Waals surface area contributed by atoms with Gasteiger partial charge in [-0.25, -0.2) is 4.79 Å². The highest BCUT2D eigenvalue weighted by Crippen LogP contribution is 2.45. The molecule has 2 amide bonds. The number of carbonyl (C=O) groups excluding carboxylic acids is 2. The normalized spacial score (nSPS) is 20.3. The van der Waals surface area contributed by atoms with Gasteiger partial charge >= 0.3 is 12.1 Å². The maximum absolute atomic E-state index is 12.9. The lowest BCUT2D eigenvalue weighted by atomic mass is 9.66. The van der Waals surface area contributed by atoms with Crippen LogP contribution in [0.3, 0.4) is 0 Å². The number of hydrogen-bond donors (Lipinski definition) is 2. The van der Waals surface area contributed by atoms with Gasteiger partial charge in [-0.2, -0.15) is 0 Å². The summed E-state index contributed by atoms with van der Waals surface area (Å²) in [4.78, 5) is 38.5. The molecule has 1 saturated heterocycles. The molecule has 0 bridgehead atoms. The SMILES string of the molecule is O=C(NCC1(CC(=O)N2CCSC(C(=O)O)C2)CCC1)OCC1c2ccccc2-c2ccccc21. The fourth-order valence-corrected chi connectivity index (χ4v) is 6.50. The van der Waals surface area contributed by atoms with Crippen LogP contribution in [-0.4, -0.2) is 65.2 Å². The second-order valence-electron chi connectivity index (χ2n) is 9.75. The van der Waals surface area contributed by atoms with Crippen molar-refractivity contribution in [1.82, 2.24) is 10.2 Å². The minimum absolute atomic E-state index is 0.00606. The first-order chi connectivity index (χ1) is 17.0. The minimum atomic E-state index is -0.872. The molecular weight excluding hydrogens is 464 g/mol. The lowest BCUT2D eigenvalue weighted by Gasteiger charge is -2.43. The maximum Gasteiger partial charge on any atom is 0.407 e. The molecule has 1 unspecified atom stereocenters. The molecule has 2 aromatic rings. The molecular formula is C27H30N2O5S. The van der Waals surface area contributed by atoms with Crippen LogP contribution >= 0.6 is 11.8 Å². The fraction of sp³-hybridized carbons (Fsp3) is 0.444. The minimum Gasteiger partial charge on any atom is -0.480 e. The van der Waals surface area contributed by atoms with Crippen molar-refractivity contribution in [2.24, 2.45) is 5.41 Å². The maximum atomic E-state index is 12.9. The number of rotatable bonds is 7. The van der Waals surface area contributed by atoms with E-state index in [0.717, 1.165) is 19.3 Å². The first kappa shape index (κ1) is 23.7. The quantitative estimate of drug-likeness (QED) is 0.601. The Balaban J connectivity index is 1.15. The zero-order chi connectivity index (χ0) is 24.4. The average Bonchev–Trinajstić information content (AvgIpc) is 3.18. The lowest BCUT2D eigenvalue weighted by Crippen LogP contribution is -2.49. The number of carboxylic acid groups (broad SMARTS) is 1. The Bertz CT molecular complexity index is 1090. The zero-order valence-corrected chi connectivity index (χ0v) is 20.4. The van der Waals surface area contributed by atoms with Gasteiger partial charge in [0.2, 0.25) is 5.91 Å². The topological polar surface area (TPSA) is 95.9 Å². The molecule has 1 aliphatic heterocycles. The highest BCUT2D eigenvalue weighted by molar-refractivity contribution is 8.00. The molecule has 35 heavy (non-hydrogen) atoms. The smallest absolute Gasteiger partial charge is 0.407 e. The molecule has 8 heteroatoms. The van der Waals surface area contributed by atoms with Crippen molar-refractivity contribution in [3.63, 3.8) is 0 Å². The molecule has 2 aliphatic carbocycles. The number of fused-ring (bicyclic) bond motifs is 3. The van der Waals surface area contributed by atoms with E-state index in [1.807, 2.05) is 24.3 Å². The summed E-state index contributed by atoms with van der Waals surface area (Å²) in [7, 11) is 0. The number of benzene rings is 2. The molecule has 184 valence electrons. The Kier molecular flexibility index (Phi) is 6.73. The third-order valence-electron chi connectivity index (χ3n) is 7.59. The molecule has 3 aliphatic rings. The highest BCUT2D eigenvalue weighted by atomic mass is 32.2. The Labute approximate surface area is 209 Å². The molecule has 1 atom stereocenters. The fourth-order valence-electron chi connectivity index (χ4n) is 5.46. The molecule has 0 radical (unpaired) electrons. The van der Waals surface area contributed by atoms with Crippen LogP contribution in [0.25, 0.3) is 11.1 Å². The summed E-state index contributed by atoms with van der Waals surface area (Å²) in [6, 6.07) is 16.4. The van der Waals surface area contributed by atoms with Gasteiger partial charge in [-0.15, -0.1) is 11.8 Å². The number of carboxylic acids is 1. The van der Waals surface area contributed by atoms with Crippen molar-refractivity contribution in [3.8, 4) is 11.1 Å². The Morgan fingerprint density at radius 1 is 1.06 bits per heavy atom. The molecule has 0 aromatic heterocycles. The molecule has 1 saturated carbocycles. The second-order valence-corrected chi connectivity index (χ2v) is 11.1. The molecule has 7 nitrogen and oxygen atoms in total. The lowest BCUT2D eigenvalue weighted by molar-refractivity contribution is -0.139. The summed E-state index contributed by atoms with van der Waals surface area (Å²) in [6.07, 6.45) is 2.62. The first-order valence-corrected chi connectivity index (χ1v) is 13.2. The van der Waals surface area contributed by atoms with Gasteiger partial charge in [0, 0.05) is 37.7 Å². The number of aliphatic carboxylic acids is 1. The Morgan fingerprint density at radius 3 is 2.31 bits per heavy atom. The van der Waals surface area contributed by atoms with Crippen LogP contribution in [0.4, 0.5) is 4.79 Å². The van der Waals surface area contributed by atoms with E-state index in [-0.39, 0.29) is 30.4 Å². The number of carbonyl (C=O) groups is 3. The zero-order valence-electron chi connectivity index (χ0n) is 19.6. The molecule has 0 spiro atoms. The van der Waals surface area contributed by atoms with Gasteiger partial charge in [0.25, 0.3) is 0 Å². The summed E-state index contributed by atoms with van der Waals surface area (Å²) in [5, 5.41) is 11.6. The van der Waals surface area contributed by atoms with E-state index in [2.05, 4.69) is 29.6 Å². The third-order valence-corrected chi connectivity index (χ3v) is 8.76. The number of nitrogens with zero attached hydrogens (tertiary/aromatic N) is 1. The van der Waals surface area contributed by atoms with E-state index in [1.54, 1.807) is 4.90 Å². The van der Waals surface area contributed by atoms with Crippen LogP contribution in [0.2, 0.25) is 0 Å². The molecule has 5 rings (SSSR count). The molecule has 2 N–H and O–H groups in total. The van der Waals surface area contributed by atoms with Crippen molar-refractivity contribution in [2.45, 2.75) is 36.9 Å². The van der Waals surface area contributed by atoms with Gasteiger partial charge in [0.15, 0.2) is 0 Å². The van der Waals surface area contributed by atoms with Crippen LogP contribution in [0, 0.1) is 5.41 Å². The predicted octanol–water partition coefficient (Wildman–Crippen LogP) is 4.11. The van der Waals surface area contributed by atoms with E-state index < -0.39 is 17.3 Å². The standard InChI is InChI=1S/C27H30N2O5S/c30-24(29-12-13-35-23(15-29)25(31)32)14-27(10-5-11-27)17-28-26(33)34-16-22-20-8-3-1-6-18(20)19-7-2-4-9-21(19)22/h1-4,6-9,22-23H,5,10-17H2,(H,28,33)(H,31,32). The van der Waals surface area contributed by atoms with Gasteiger partial charge < -0.3 is 20.1 Å². The number of ether oxygens (including phenoxy) is 1. The molecule has 2 fully saturated rings. The van der Waals surface area contributed by atoms with Gasteiger partial charge in [0.05, 0.1) is 0 Å². The number of alkyl carbamates (subject to hydrolysis) is 1. The Hall–Kier alpha value is -3.00. The van der Waals surface area contributed by atoms with Crippen molar-refractivity contribution < 1.29 is 24.2 Å². The van der Waals surface area contributed by atoms with E-state index in [1.165, 1.54) is 34.0 Å². The predicted molar refractivity (Wildman–Crippen MR) is 134 cm³/mol. The summed E-state index contributed by atoms with van der Waals surface area (Å²) >= 11 is 1.38. The van der Waals surface area contributed by atoms with Crippen molar-refractivity contribution in [3.05, 3.63) is 59.7 Å². The van der Waals surface area contributed by atoms with E-state index >= 15 is 0 Å². The summed E-state index contributed by atoms with van der Waals surface area (Å²) in [5.74, 6) is -0.256. The van der Waals surface area contributed by atoms with Crippen LogP contribution in [0.5, 0.6) is 0 Å². The molecule has 1 heterocycles. The highest BCUT2D eigenvalue weighted by Gasteiger charge is 2.41. The first-order valence-electron chi connectivity index (χ1n) is 12.2. The van der Waals surface area contributed by atoms with Gasteiger partial charge in [-0.1, -0.05) is 55.0 Å². The summed E-state index contributed by atoms with van der Waals surface area (Å²) in [5.41, 5.74) is 4.44. The molecule has 2 aromatic carbocycles. The summed E-state index contributed by atoms with van der Waals surface area (Å²) < 4.78 is 5.65. The second kappa shape index (κ2) is 9.93. The van der Waals surface area contributed by atoms with Crippen LogP contribution in [0.1, 0.15) is 42.7 Å². The van der Waals surface area contributed by atoms with E-state index in [4.69, 9.17) is 4.74 Å². The van der Waals surface area contributed by atoms with Crippen molar-refractivity contribution in [2.75, 3.05) is 32.0 Å². The summed E-state index contributed by atoms with van der Waals surface area (Å²) in [6.45, 7) is 1.46. The monoisotopic (exact) mass is 494 g/mol. The van der Waals surface area contributed by atoms with Gasteiger partial charge in [-0.05, 0) is 40.5 Å². The average molecular weight is 495 g/mol. The van der Waals surface area contributed by atoms with Gasteiger partial charge in [0.1, 0.15) is 11.9 Å².